The van der Waals surface area contributed by atoms with Gasteiger partial charge in [-0.2, -0.15) is 0 Å². The van der Waals surface area contributed by atoms with Crippen LogP contribution in [-0.2, 0) is 12.8 Å². The number of hydrogen-bond acceptors (Lipinski definition) is 2. The summed E-state index contributed by atoms with van der Waals surface area (Å²) in [5, 5.41) is 3.55. The van der Waals surface area contributed by atoms with Crippen molar-refractivity contribution in [2.75, 3.05) is 6.54 Å². The van der Waals surface area contributed by atoms with Gasteiger partial charge in [0.1, 0.15) is 0 Å². The Morgan fingerprint density at radius 3 is 2.93 bits per heavy atom. The Bertz CT molecular complexity index is 282. The van der Waals surface area contributed by atoms with Gasteiger partial charge in [-0.15, -0.1) is 11.3 Å². The van der Waals surface area contributed by atoms with Crippen LogP contribution in [0, 0.1) is 0 Å². The van der Waals surface area contributed by atoms with Crippen molar-refractivity contribution in [2.45, 2.75) is 45.6 Å². The lowest BCUT2D eigenvalue weighted by Crippen LogP contribution is -2.18. The van der Waals surface area contributed by atoms with Gasteiger partial charge in [-0.1, -0.05) is 13.8 Å². The van der Waals surface area contributed by atoms with Gasteiger partial charge in [0.15, 0.2) is 0 Å². The van der Waals surface area contributed by atoms with E-state index in [9.17, 15) is 0 Å². The van der Waals surface area contributed by atoms with Gasteiger partial charge in [0.25, 0.3) is 0 Å². The van der Waals surface area contributed by atoms with Crippen LogP contribution in [0.2, 0.25) is 0 Å². The fourth-order valence-corrected chi connectivity index (χ4v) is 3.63. The summed E-state index contributed by atoms with van der Waals surface area (Å²) in [6.45, 7) is 5.52. The largest absolute Gasteiger partial charge is 0.310 e. The molecule has 0 radical (unpaired) electrons. The third kappa shape index (κ3) is 1.86. The second kappa shape index (κ2) is 4.45. The van der Waals surface area contributed by atoms with E-state index >= 15 is 0 Å². The minimum atomic E-state index is 0.593. The van der Waals surface area contributed by atoms with Crippen LogP contribution in [-0.4, -0.2) is 6.54 Å². The molecule has 0 aromatic carbocycles. The summed E-state index contributed by atoms with van der Waals surface area (Å²) in [4.78, 5) is 3.20. The Balaban J connectivity index is 2.14. The number of nitrogens with one attached hydrogen (secondary N) is 1. The van der Waals surface area contributed by atoms with E-state index in [1.807, 2.05) is 11.3 Å². The summed E-state index contributed by atoms with van der Waals surface area (Å²) in [5.74, 6) is 0. The molecule has 1 nitrogen and oxygen atoms in total. The van der Waals surface area contributed by atoms with Gasteiger partial charge in [-0.05, 0) is 43.9 Å². The third-order valence-electron chi connectivity index (χ3n) is 2.97. The molecule has 1 heterocycles. The van der Waals surface area contributed by atoms with Crippen LogP contribution in [0.15, 0.2) is 6.07 Å². The average molecular weight is 209 g/mol. The predicted molar refractivity (Wildman–Crippen MR) is 63.1 cm³/mol. The summed E-state index contributed by atoms with van der Waals surface area (Å²) < 4.78 is 0. The summed E-state index contributed by atoms with van der Waals surface area (Å²) in [6.07, 6.45) is 5.21. The maximum Gasteiger partial charge on any atom is 0.0412 e. The van der Waals surface area contributed by atoms with Crippen molar-refractivity contribution >= 4 is 11.3 Å². The van der Waals surface area contributed by atoms with E-state index < -0.39 is 0 Å². The Morgan fingerprint density at radius 1 is 1.43 bits per heavy atom. The van der Waals surface area contributed by atoms with Crippen LogP contribution in [0.1, 0.15) is 48.0 Å². The van der Waals surface area contributed by atoms with Crippen molar-refractivity contribution in [3.05, 3.63) is 21.4 Å². The number of aryl methyl sites for hydroxylation is 2. The minimum absolute atomic E-state index is 0.593. The molecule has 1 aromatic heterocycles. The van der Waals surface area contributed by atoms with Gasteiger partial charge in [0, 0.05) is 15.8 Å². The van der Waals surface area contributed by atoms with E-state index in [1.54, 1.807) is 15.3 Å². The summed E-state index contributed by atoms with van der Waals surface area (Å²) >= 11 is 2.03. The summed E-state index contributed by atoms with van der Waals surface area (Å²) in [5.41, 5.74) is 1.63. The lowest BCUT2D eigenvalue weighted by molar-refractivity contribution is 0.545. The molecule has 0 saturated heterocycles. The van der Waals surface area contributed by atoms with Gasteiger partial charge in [-0.25, -0.2) is 0 Å². The average Bonchev–Trinajstić information content (AvgIpc) is 2.73. The van der Waals surface area contributed by atoms with Gasteiger partial charge >= 0.3 is 0 Å². The standard InChI is InChI=1S/C12H19NS/c1-3-10(13-4-2)12-8-9-6-5-7-11(9)14-12/h8,10,13H,3-7H2,1-2H3. The van der Waals surface area contributed by atoms with Crippen molar-refractivity contribution in [3.8, 4) is 0 Å². The van der Waals surface area contributed by atoms with Crippen LogP contribution < -0.4 is 5.32 Å². The molecule has 0 aliphatic heterocycles. The first kappa shape index (κ1) is 10.2. The van der Waals surface area contributed by atoms with E-state index in [0.29, 0.717) is 6.04 Å². The van der Waals surface area contributed by atoms with Crippen molar-refractivity contribution in [3.63, 3.8) is 0 Å². The van der Waals surface area contributed by atoms with Crippen molar-refractivity contribution in [1.29, 1.82) is 0 Å². The molecule has 0 saturated carbocycles. The van der Waals surface area contributed by atoms with Gasteiger partial charge < -0.3 is 5.32 Å². The first-order valence-electron chi connectivity index (χ1n) is 5.70. The van der Waals surface area contributed by atoms with E-state index in [-0.39, 0.29) is 0 Å². The topological polar surface area (TPSA) is 12.0 Å². The van der Waals surface area contributed by atoms with Crippen molar-refractivity contribution in [1.82, 2.24) is 5.32 Å². The highest BCUT2D eigenvalue weighted by Gasteiger charge is 2.18. The zero-order valence-corrected chi connectivity index (χ0v) is 9.91. The first-order valence-corrected chi connectivity index (χ1v) is 6.51. The smallest absolute Gasteiger partial charge is 0.0412 e. The minimum Gasteiger partial charge on any atom is -0.310 e. The quantitative estimate of drug-likeness (QED) is 0.802. The molecule has 1 unspecified atom stereocenters. The van der Waals surface area contributed by atoms with E-state index in [0.717, 1.165) is 6.54 Å². The molecule has 1 atom stereocenters. The Labute approximate surface area is 90.5 Å². The van der Waals surface area contributed by atoms with Gasteiger partial charge in [0.2, 0.25) is 0 Å². The van der Waals surface area contributed by atoms with Gasteiger partial charge in [0.05, 0.1) is 0 Å². The lowest BCUT2D eigenvalue weighted by atomic mass is 10.1. The highest BCUT2D eigenvalue weighted by Crippen LogP contribution is 2.34. The molecule has 2 heteroatoms. The lowest BCUT2D eigenvalue weighted by Gasteiger charge is -2.13. The van der Waals surface area contributed by atoms with Crippen LogP contribution >= 0.6 is 11.3 Å². The SMILES string of the molecule is CCNC(CC)c1cc2c(s1)CCC2. The second-order valence-corrected chi connectivity index (χ2v) is 5.14. The number of rotatable bonds is 4. The number of thiophene rings is 1. The molecule has 14 heavy (non-hydrogen) atoms. The van der Waals surface area contributed by atoms with Crippen LogP contribution in [0.3, 0.4) is 0 Å². The fraction of sp³-hybridized carbons (Fsp3) is 0.667. The zero-order chi connectivity index (χ0) is 9.97. The molecule has 1 N–H and O–H groups in total. The molecule has 1 aromatic rings. The van der Waals surface area contributed by atoms with E-state index in [1.165, 1.54) is 25.7 Å². The van der Waals surface area contributed by atoms with Crippen molar-refractivity contribution < 1.29 is 0 Å². The molecule has 1 aliphatic carbocycles. The molecular weight excluding hydrogens is 190 g/mol. The molecule has 0 spiro atoms. The molecule has 0 fully saturated rings. The zero-order valence-electron chi connectivity index (χ0n) is 9.10. The highest BCUT2D eigenvalue weighted by atomic mass is 32.1. The van der Waals surface area contributed by atoms with Crippen LogP contribution in [0.5, 0.6) is 0 Å². The predicted octanol–water partition coefficient (Wildman–Crippen LogP) is 3.30. The van der Waals surface area contributed by atoms with Crippen molar-refractivity contribution in [2.24, 2.45) is 0 Å². The molecule has 1 aliphatic rings. The molecular formula is C12H19NS. The second-order valence-electron chi connectivity index (χ2n) is 3.97. The number of fused-ring (bicyclic) bond motifs is 1. The Morgan fingerprint density at radius 2 is 2.29 bits per heavy atom. The molecule has 0 amide bonds. The summed E-state index contributed by atoms with van der Waals surface area (Å²) in [7, 11) is 0. The maximum absolute atomic E-state index is 3.55. The first-order chi connectivity index (χ1) is 6.85. The molecule has 2 rings (SSSR count). The van der Waals surface area contributed by atoms with Crippen LogP contribution in [0.25, 0.3) is 0 Å². The normalized spacial score (nSPS) is 17.0. The Hall–Kier alpha value is -0.340. The number of hydrogen-bond donors (Lipinski definition) is 1. The molecule has 0 bridgehead atoms. The van der Waals surface area contributed by atoms with E-state index in [2.05, 4.69) is 25.2 Å². The van der Waals surface area contributed by atoms with E-state index in [4.69, 9.17) is 0 Å². The highest BCUT2D eigenvalue weighted by molar-refractivity contribution is 7.12. The third-order valence-corrected chi connectivity index (χ3v) is 4.32. The monoisotopic (exact) mass is 209 g/mol. The summed E-state index contributed by atoms with van der Waals surface area (Å²) in [6, 6.07) is 3.03. The fourth-order valence-electron chi connectivity index (χ4n) is 2.22. The molecule has 78 valence electrons. The maximum atomic E-state index is 3.55. The Kier molecular flexibility index (Phi) is 3.24. The van der Waals surface area contributed by atoms with Gasteiger partial charge in [-0.3, -0.25) is 0 Å². The van der Waals surface area contributed by atoms with Crippen LogP contribution in [0.4, 0.5) is 0 Å².